The Kier molecular flexibility index (Phi) is 3.35. The lowest BCUT2D eigenvalue weighted by Crippen LogP contribution is -1.83. The topological polar surface area (TPSA) is 9.23 Å². The first kappa shape index (κ1) is 9.02. The van der Waals surface area contributed by atoms with Crippen LogP contribution in [0.4, 0.5) is 0 Å². The van der Waals surface area contributed by atoms with Gasteiger partial charge in [-0.1, -0.05) is 12.1 Å². The maximum Gasteiger partial charge on any atom is 0.137 e. The molecule has 0 fully saturated rings. The SMILES string of the molecule is CP(C)Oc1ccccc1Br. The predicted molar refractivity (Wildman–Crippen MR) is 53.5 cm³/mol. The number of rotatable bonds is 2. The first-order chi connectivity index (χ1) is 5.20. The largest absolute Gasteiger partial charge is 0.473 e. The molecule has 0 aliphatic heterocycles. The van der Waals surface area contributed by atoms with Crippen molar-refractivity contribution in [3.8, 4) is 5.75 Å². The van der Waals surface area contributed by atoms with Crippen LogP contribution in [0.15, 0.2) is 28.7 Å². The molecule has 0 N–H and O–H groups in total. The van der Waals surface area contributed by atoms with Crippen molar-refractivity contribution >= 4 is 24.1 Å². The van der Waals surface area contributed by atoms with Crippen LogP contribution in [-0.2, 0) is 0 Å². The highest BCUT2D eigenvalue weighted by Gasteiger charge is 2.00. The van der Waals surface area contributed by atoms with Gasteiger partial charge in [0, 0.05) is 0 Å². The molecule has 1 aromatic carbocycles. The fraction of sp³-hybridized carbons (Fsp3) is 0.250. The lowest BCUT2D eigenvalue weighted by atomic mass is 10.3. The van der Waals surface area contributed by atoms with E-state index < -0.39 is 0 Å². The van der Waals surface area contributed by atoms with E-state index in [1.54, 1.807) is 0 Å². The molecule has 0 saturated heterocycles. The van der Waals surface area contributed by atoms with Gasteiger partial charge in [0.1, 0.15) is 5.75 Å². The van der Waals surface area contributed by atoms with Crippen molar-refractivity contribution in [1.29, 1.82) is 0 Å². The molecular formula is C8H10BrOP. The van der Waals surface area contributed by atoms with Crippen LogP contribution >= 0.6 is 24.1 Å². The minimum atomic E-state index is -0.323. The molecular weight excluding hydrogens is 223 g/mol. The smallest absolute Gasteiger partial charge is 0.137 e. The van der Waals surface area contributed by atoms with Crippen LogP contribution in [0.1, 0.15) is 0 Å². The fourth-order valence-electron chi connectivity index (χ4n) is 0.715. The van der Waals surface area contributed by atoms with E-state index in [9.17, 15) is 0 Å². The molecule has 0 aliphatic rings. The van der Waals surface area contributed by atoms with Crippen molar-refractivity contribution in [1.82, 2.24) is 0 Å². The lowest BCUT2D eigenvalue weighted by molar-refractivity contribution is 0.619. The van der Waals surface area contributed by atoms with Gasteiger partial charge in [-0.15, -0.1) is 0 Å². The van der Waals surface area contributed by atoms with E-state index in [1.807, 2.05) is 24.3 Å². The van der Waals surface area contributed by atoms with Crippen LogP contribution < -0.4 is 4.52 Å². The van der Waals surface area contributed by atoms with Gasteiger partial charge in [-0.25, -0.2) is 0 Å². The van der Waals surface area contributed by atoms with E-state index >= 15 is 0 Å². The number of benzene rings is 1. The van der Waals surface area contributed by atoms with Crippen LogP contribution in [0, 0.1) is 0 Å². The Balaban J connectivity index is 2.78. The van der Waals surface area contributed by atoms with Crippen molar-refractivity contribution in [3.63, 3.8) is 0 Å². The van der Waals surface area contributed by atoms with Gasteiger partial charge in [-0.2, -0.15) is 0 Å². The second-order valence-corrected chi connectivity index (χ2v) is 5.00. The molecule has 0 spiro atoms. The third-order valence-corrected chi connectivity index (χ3v) is 2.33. The molecule has 0 bridgehead atoms. The molecule has 3 heteroatoms. The summed E-state index contributed by atoms with van der Waals surface area (Å²) < 4.78 is 6.59. The average Bonchev–Trinajstić information content (AvgIpc) is 1.93. The third kappa shape index (κ3) is 2.80. The Hall–Kier alpha value is -0.0700. The number of hydrogen-bond acceptors (Lipinski definition) is 1. The van der Waals surface area contributed by atoms with Gasteiger partial charge in [0.2, 0.25) is 0 Å². The van der Waals surface area contributed by atoms with Gasteiger partial charge < -0.3 is 4.52 Å². The van der Waals surface area contributed by atoms with E-state index in [0.717, 1.165) is 10.2 Å². The van der Waals surface area contributed by atoms with Gasteiger partial charge >= 0.3 is 0 Å². The normalized spacial score (nSPS) is 10.2. The van der Waals surface area contributed by atoms with Crippen molar-refractivity contribution in [3.05, 3.63) is 28.7 Å². The van der Waals surface area contributed by atoms with Crippen LogP contribution in [0.5, 0.6) is 5.75 Å². The minimum absolute atomic E-state index is 0.323. The van der Waals surface area contributed by atoms with E-state index in [-0.39, 0.29) is 8.15 Å². The maximum atomic E-state index is 5.56. The zero-order valence-corrected chi connectivity index (χ0v) is 9.02. The summed E-state index contributed by atoms with van der Waals surface area (Å²) in [6.07, 6.45) is 0. The molecule has 1 rings (SSSR count). The molecule has 0 heterocycles. The standard InChI is InChI=1S/C8H10BrOP/c1-11(2)10-8-6-4-3-5-7(8)9/h3-6H,1-2H3. The molecule has 60 valence electrons. The minimum Gasteiger partial charge on any atom is -0.473 e. The Morgan fingerprint density at radius 3 is 2.45 bits per heavy atom. The molecule has 0 unspecified atom stereocenters. The van der Waals surface area contributed by atoms with Crippen molar-refractivity contribution in [2.45, 2.75) is 0 Å². The van der Waals surface area contributed by atoms with Crippen molar-refractivity contribution in [2.24, 2.45) is 0 Å². The lowest BCUT2D eigenvalue weighted by Gasteiger charge is -2.09. The summed E-state index contributed by atoms with van der Waals surface area (Å²) in [5, 5.41) is 0. The number of para-hydroxylation sites is 1. The van der Waals surface area contributed by atoms with Gasteiger partial charge in [-0.05, 0) is 41.4 Å². The summed E-state index contributed by atoms with van der Waals surface area (Å²) in [4.78, 5) is 0. The summed E-state index contributed by atoms with van der Waals surface area (Å²) >= 11 is 3.41. The van der Waals surface area contributed by atoms with Crippen LogP contribution in [0.2, 0.25) is 0 Å². The second kappa shape index (κ2) is 4.08. The van der Waals surface area contributed by atoms with Crippen LogP contribution in [0.25, 0.3) is 0 Å². The summed E-state index contributed by atoms with van der Waals surface area (Å²) in [5.74, 6) is 0.934. The zero-order valence-electron chi connectivity index (χ0n) is 6.54. The summed E-state index contributed by atoms with van der Waals surface area (Å²) in [7, 11) is -0.323. The molecule has 1 nitrogen and oxygen atoms in total. The maximum absolute atomic E-state index is 5.56. The molecule has 11 heavy (non-hydrogen) atoms. The van der Waals surface area contributed by atoms with E-state index in [4.69, 9.17) is 4.52 Å². The van der Waals surface area contributed by atoms with Gasteiger partial charge in [0.25, 0.3) is 0 Å². The Morgan fingerprint density at radius 1 is 1.27 bits per heavy atom. The Labute approximate surface area is 76.7 Å². The Bertz CT molecular complexity index is 237. The first-order valence-corrected chi connectivity index (χ1v) is 6.24. The number of halogens is 1. The molecule has 0 atom stereocenters. The zero-order chi connectivity index (χ0) is 8.27. The van der Waals surface area contributed by atoms with Crippen LogP contribution in [-0.4, -0.2) is 13.3 Å². The molecule has 0 radical (unpaired) electrons. The van der Waals surface area contributed by atoms with Gasteiger partial charge in [0.15, 0.2) is 0 Å². The summed E-state index contributed by atoms with van der Waals surface area (Å²) in [6, 6.07) is 7.89. The second-order valence-electron chi connectivity index (χ2n) is 2.33. The third-order valence-electron chi connectivity index (χ3n) is 1.12. The Morgan fingerprint density at radius 2 is 1.91 bits per heavy atom. The monoisotopic (exact) mass is 232 g/mol. The average molecular weight is 233 g/mol. The number of hydrogen-bond donors (Lipinski definition) is 0. The first-order valence-electron chi connectivity index (χ1n) is 3.30. The molecule has 0 aliphatic carbocycles. The predicted octanol–water partition coefficient (Wildman–Crippen LogP) is 3.48. The van der Waals surface area contributed by atoms with Crippen molar-refractivity contribution in [2.75, 3.05) is 13.3 Å². The summed E-state index contributed by atoms with van der Waals surface area (Å²) in [5.41, 5.74) is 0. The van der Waals surface area contributed by atoms with E-state index in [0.29, 0.717) is 0 Å². The summed E-state index contributed by atoms with van der Waals surface area (Å²) in [6.45, 7) is 4.16. The quantitative estimate of drug-likeness (QED) is 0.710. The highest BCUT2D eigenvalue weighted by Crippen LogP contribution is 2.34. The molecule has 0 amide bonds. The highest BCUT2D eigenvalue weighted by molar-refractivity contribution is 9.10. The van der Waals surface area contributed by atoms with E-state index in [2.05, 4.69) is 29.3 Å². The van der Waals surface area contributed by atoms with E-state index in [1.165, 1.54) is 0 Å². The van der Waals surface area contributed by atoms with Gasteiger partial charge in [-0.3, -0.25) is 0 Å². The molecule has 1 aromatic rings. The highest BCUT2D eigenvalue weighted by atomic mass is 79.9. The fourth-order valence-corrected chi connectivity index (χ4v) is 1.76. The molecule has 0 aromatic heterocycles. The van der Waals surface area contributed by atoms with Gasteiger partial charge in [0.05, 0.1) is 12.6 Å². The molecule has 0 saturated carbocycles. The van der Waals surface area contributed by atoms with Crippen LogP contribution in [0.3, 0.4) is 0 Å². The van der Waals surface area contributed by atoms with Crippen molar-refractivity contribution < 1.29 is 4.52 Å².